The molecule has 0 aromatic rings. The number of nitrogens with one attached hydrogen (secondary N) is 1. The maximum Gasteiger partial charge on any atom is 0.0310 e. The Balaban J connectivity index is 3.29. The fourth-order valence-electron chi connectivity index (χ4n) is 0.434. The van der Waals surface area contributed by atoms with Gasteiger partial charge in [-0.1, -0.05) is 29.8 Å². The first-order chi connectivity index (χ1) is 4.66. The molecule has 0 heterocycles. The zero-order valence-corrected chi connectivity index (χ0v) is 7.47. The van der Waals surface area contributed by atoms with E-state index in [0.717, 1.165) is 12.1 Å². The topological polar surface area (TPSA) is 12.0 Å². The molecule has 0 bridgehead atoms. The summed E-state index contributed by atoms with van der Waals surface area (Å²) in [5, 5.41) is 3.66. The zero-order valence-electron chi connectivity index (χ0n) is 5.95. The van der Waals surface area contributed by atoms with Crippen molar-refractivity contribution in [1.29, 1.82) is 0 Å². The molecule has 0 spiro atoms. The van der Waals surface area contributed by atoms with Crippen molar-refractivity contribution in [3.63, 3.8) is 0 Å². The third kappa shape index (κ3) is 6.14. The van der Waals surface area contributed by atoms with Crippen molar-refractivity contribution in [1.82, 2.24) is 5.32 Å². The average molecular weight is 180 g/mol. The smallest absolute Gasteiger partial charge is 0.0310 e. The van der Waals surface area contributed by atoms with Crippen molar-refractivity contribution < 1.29 is 0 Å². The van der Waals surface area contributed by atoms with E-state index in [-0.39, 0.29) is 0 Å². The molecule has 0 aliphatic carbocycles. The molecule has 0 aliphatic rings. The van der Waals surface area contributed by atoms with E-state index in [0.29, 0.717) is 11.6 Å². The minimum absolute atomic E-state index is 0.613. The Morgan fingerprint density at radius 1 is 1.60 bits per heavy atom. The molecule has 0 saturated carbocycles. The monoisotopic (exact) mass is 179 g/mol. The maximum absolute atomic E-state index is 5.50. The van der Waals surface area contributed by atoms with Gasteiger partial charge in [0.25, 0.3) is 0 Å². The van der Waals surface area contributed by atoms with E-state index in [1.54, 1.807) is 5.54 Å². The van der Waals surface area contributed by atoms with Gasteiger partial charge in [-0.15, -0.1) is 0 Å². The van der Waals surface area contributed by atoms with Crippen LogP contribution in [-0.4, -0.2) is 13.1 Å². The highest BCUT2D eigenvalue weighted by Gasteiger charge is 1.88. The van der Waals surface area contributed by atoms with Gasteiger partial charge in [-0.3, -0.25) is 0 Å². The Kier molecular flexibility index (Phi) is 5.79. The van der Waals surface area contributed by atoms with Crippen LogP contribution in [0.5, 0.6) is 0 Å². The molecule has 3 heteroatoms. The third-order valence-corrected chi connectivity index (χ3v) is 1.41. The summed E-state index contributed by atoms with van der Waals surface area (Å²) in [5.74, 6) is 0. The fraction of sp³-hybridized carbons (Fsp3) is 0.429. The van der Waals surface area contributed by atoms with E-state index in [1.807, 2.05) is 6.92 Å². The highest BCUT2D eigenvalue weighted by atomic mass is 35.5. The fourth-order valence-corrected chi connectivity index (χ4v) is 0.606. The van der Waals surface area contributed by atoms with Crippen LogP contribution in [0.1, 0.15) is 6.92 Å². The Labute approximate surface area is 71.7 Å². The zero-order chi connectivity index (χ0) is 7.98. The van der Waals surface area contributed by atoms with Crippen molar-refractivity contribution in [2.45, 2.75) is 6.92 Å². The van der Waals surface area contributed by atoms with Crippen molar-refractivity contribution in [3.05, 3.63) is 22.7 Å². The quantitative estimate of drug-likeness (QED) is 0.700. The van der Waals surface area contributed by atoms with Gasteiger partial charge in [-0.05, 0) is 12.5 Å². The first-order valence-corrected chi connectivity index (χ1v) is 3.78. The first-order valence-electron chi connectivity index (χ1n) is 2.96. The number of rotatable bonds is 4. The summed E-state index contributed by atoms with van der Waals surface area (Å²) in [6.07, 6.45) is 0. The standard InChI is InChI=1S/C7H11Cl2N/c1-6(3-8)4-10-5-7(2)9/h3,10H,2,4-5H2,1H3. The van der Waals surface area contributed by atoms with E-state index in [4.69, 9.17) is 23.2 Å². The lowest BCUT2D eigenvalue weighted by molar-refractivity contribution is 0.810. The number of hydrogen-bond donors (Lipinski definition) is 1. The summed E-state index contributed by atoms with van der Waals surface area (Å²) in [6, 6.07) is 0. The van der Waals surface area contributed by atoms with Gasteiger partial charge in [0.05, 0.1) is 0 Å². The Morgan fingerprint density at radius 3 is 2.60 bits per heavy atom. The minimum Gasteiger partial charge on any atom is -0.308 e. The second-order valence-corrected chi connectivity index (χ2v) is 2.83. The molecule has 0 radical (unpaired) electrons. The van der Waals surface area contributed by atoms with Gasteiger partial charge in [0.2, 0.25) is 0 Å². The molecule has 0 saturated heterocycles. The Morgan fingerprint density at radius 2 is 2.20 bits per heavy atom. The molecule has 1 N–H and O–H groups in total. The van der Waals surface area contributed by atoms with Crippen molar-refractivity contribution in [3.8, 4) is 0 Å². The summed E-state index contributed by atoms with van der Waals surface area (Å²) >= 11 is 10.9. The van der Waals surface area contributed by atoms with Crippen LogP contribution in [0.15, 0.2) is 22.7 Å². The predicted molar refractivity (Wildman–Crippen MR) is 47.5 cm³/mol. The first kappa shape index (κ1) is 10.0. The van der Waals surface area contributed by atoms with Crippen molar-refractivity contribution in [2.75, 3.05) is 13.1 Å². The molecule has 0 aromatic carbocycles. The van der Waals surface area contributed by atoms with Gasteiger partial charge < -0.3 is 5.32 Å². The highest BCUT2D eigenvalue weighted by molar-refractivity contribution is 6.29. The van der Waals surface area contributed by atoms with Crippen molar-refractivity contribution >= 4 is 23.2 Å². The second kappa shape index (κ2) is 5.78. The van der Waals surface area contributed by atoms with Crippen LogP contribution in [0.3, 0.4) is 0 Å². The van der Waals surface area contributed by atoms with Crippen LogP contribution >= 0.6 is 23.2 Å². The van der Waals surface area contributed by atoms with Gasteiger partial charge in [-0.25, -0.2) is 0 Å². The van der Waals surface area contributed by atoms with Crippen LogP contribution in [-0.2, 0) is 0 Å². The third-order valence-electron chi connectivity index (χ3n) is 0.907. The van der Waals surface area contributed by atoms with Crippen LogP contribution in [0.2, 0.25) is 0 Å². The summed E-state index contributed by atoms with van der Waals surface area (Å²) < 4.78 is 0. The molecule has 0 unspecified atom stereocenters. The summed E-state index contributed by atoms with van der Waals surface area (Å²) in [7, 11) is 0. The van der Waals surface area contributed by atoms with Crippen LogP contribution in [0, 0.1) is 0 Å². The minimum atomic E-state index is 0.613. The van der Waals surface area contributed by atoms with E-state index < -0.39 is 0 Å². The van der Waals surface area contributed by atoms with Gasteiger partial charge in [0.1, 0.15) is 0 Å². The highest BCUT2D eigenvalue weighted by Crippen LogP contribution is 1.95. The Hall–Kier alpha value is 0.0200. The lowest BCUT2D eigenvalue weighted by Gasteiger charge is -2.00. The normalized spacial score (nSPS) is 11.7. The molecule has 0 amide bonds. The lowest BCUT2D eigenvalue weighted by Crippen LogP contribution is -2.17. The van der Waals surface area contributed by atoms with Crippen LogP contribution < -0.4 is 5.32 Å². The molecule has 1 nitrogen and oxygen atoms in total. The second-order valence-electron chi connectivity index (χ2n) is 2.08. The van der Waals surface area contributed by atoms with Crippen LogP contribution in [0.4, 0.5) is 0 Å². The molecule has 58 valence electrons. The number of halogens is 2. The lowest BCUT2D eigenvalue weighted by atomic mass is 10.3. The summed E-state index contributed by atoms with van der Waals surface area (Å²) in [6.45, 7) is 6.86. The number of hydrogen-bond acceptors (Lipinski definition) is 1. The molecule has 0 fully saturated rings. The van der Waals surface area contributed by atoms with Crippen LogP contribution in [0.25, 0.3) is 0 Å². The van der Waals surface area contributed by atoms with Gasteiger partial charge in [0.15, 0.2) is 0 Å². The summed E-state index contributed by atoms with van der Waals surface area (Å²) in [5.41, 5.74) is 2.63. The Bertz CT molecular complexity index is 141. The van der Waals surface area contributed by atoms with Crippen molar-refractivity contribution in [2.24, 2.45) is 0 Å². The molecule has 0 rings (SSSR count). The molecule has 0 aromatic heterocycles. The predicted octanol–water partition coefficient (Wildman–Crippen LogP) is 2.47. The van der Waals surface area contributed by atoms with E-state index in [2.05, 4.69) is 11.9 Å². The molecular weight excluding hydrogens is 169 g/mol. The molecular formula is C7H11Cl2N. The molecule has 10 heavy (non-hydrogen) atoms. The van der Waals surface area contributed by atoms with E-state index in [9.17, 15) is 0 Å². The largest absolute Gasteiger partial charge is 0.308 e. The van der Waals surface area contributed by atoms with Gasteiger partial charge in [0, 0.05) is 23.7 Å². The molecule has 0 aliphatic heterocycles. The SMILES string of the molecule is C=C(Cl)CNCC(C)=CCl. The van der Waals surface area contributed by atoms with E-state index >= 15 is 0 Å². The summed E-state index contributed by atoms with van der Waals surface area (Å²) in [4.78, 5) is 0. The molecule has 0 atom stereocenters. The van der Waals surface area contributed by atoms with Gasteiger partial charge >= 0.3 is 0 Å². The van der Waals surface area contributed by atoms with E-state index in [1.165, 1.54) is 0 Å². The maximum atomic E-state index is 5.50. The van der Waals surface area contributed by atoms with Gasteiger partial charge in [-0.2, -0.15) is 0 Å². The average Bonchev–Trinajstić information content (AvgIpc) is 1.87.